The number of halogens is 2. The van der Waals surface area contributed by atoms with Crippen LogP contribution >= 0.6 is 23.2 Å². The van der Waals surface area contributed by atoms with Gasteiger partial charge in [-0.3, -0.25) is 9.59 Å². The first kappa shape index (κ1) is 27.5. The third-order valence-electron chi connectivity index (χ3n) is 7.04. The zero-order valence-electron chi connectivity index (χ0n) is 21.4. The number of aromatic amines is 1. The van der Waals surface area contributed by atoms with E-state index in [2.05, 4.69) is 15.6 Å². The van der Waals surface area contributed by atoms with E-state index in [1.54, 1.807) is 44.2 Å². The molecule has 1 aromatic heterocycles. The predicted octanol–water partition coefficient (Wildman–Crippen LogP) is 5.31. The first-order valence-electron chi connectivity index (χ1n) is 12.5. The Hall–Kier alpha value is -3.11. The SMILES string of the molecule is Cc1[nH]c(C=C2C(=O)Nc3ccc(S(=O)(=O)Cc4c(Cl)cccc4Cl)cc32)c(C)c1C(=O)NCC1CCCO1. The molecule has 2 aliphatic rings. The highest BCUT2D eigenvalue weighted by Crippen LogP contribution is 2.37. The topological polar surface area (TPSA) is 117 Å². The molecule has 1 atom stereocenters. The predicted molar refractivity (Wildman–Crippen MR) is 152 cm³/mol. The van der Waals surface area contributed by atoms with Crippen LogP contribution in [0.4, 0.5) is 5.69 Å². The summed E-state index contributed by atoms with van der Waals surface area (Å²) in [6, 6.07) is 9.30. The number of fused-ring (bicyclic) bond motifs is 1. The number of amides is 2. The van der Waals surface area contributed by atoms with E-state index in [0.29, 0.717) is 52.5 Å². The van der Waals surface area contributed by atoms with Crippen molar-refractivity contribution < 1.29 is 22.7 Å². The molecule has 1 fully saturated rings. The summed E-state index contributed by atoms with van der Waals surface area (Å²) in [4.78, 5) is 29.1. The number of rotatable bonds is 7. The van der Waals surface area contributed by atoms with Crippen LogP contribution in [0.3, 0.4) is 0 Å². The molecule has 2 aromatic carbocycles. The van der Waals surface area contributed by atoms with Crippen molar-refractivity contribution >= 4 is 62.2 Å². The van der Waals surface area contributed by atoms with Gasteiger partial charge in [0.25, 0.3) is 11.8 Å². The molecule has 0 aliphatic carbocycles. The zero-order chi connectivity index (χ0) is 27.9. The molecule has 39 heavy (non-hydrogen) atoms. The van der Waals surface area contributed by atoms with Gasteiger partial charge in [0.2, 0.25) is 0 Å². The number of hydrogen-bond acceptors (Lipinski definition) is 5. The van der Waals surface area contributed by atoms with E-state index in [1.807, 2.05) is 0 Å². The fraction of sp³-hybridized carbons (Fsp3) is 0.286. The van der Waals surface area contributed by atoms with Crippen molar-refractivity contribution in [3.05, 3.63) is 80.1 Å². The Morgan fingerprint density at radius 3 is 2.62 bits per heavy atom. The summed E-state index contributed by atoms with van der Waals surface area (Å²) in [5, 5.41) is 6.24. The van der Waals surface area contributed by atoms with Crippen molar-refractivity contribution in [2.24, 2.45) is 0 Å². The van der Waals surface area contributed by atoms with Crippen LogP contribution in [0.2, 0.25) is 10.0 Å². The second-order valence-electron chi connectivity index (χ2n) is 9.69. The van der Waals surface area contributed by atoms with Gasteiger partial charge in [-0.05, 0) is 68.7 Å². The molecule has 0 saturated carbocycles. The molecule has 3 N–H and O–H groups in total. The van der Waals surface area contributed by atoms with Gasteiger partial charge in [0, 0.05) is 51.4 Å². The summed E-state index contributed by atoms with van der Waals surface area (Å²) in [7, 11) is -3.84. The summed E-state index contributed by atoms with van der Waals surface area (Å²) >= 11 is 12.4. The molecule has 1 unspecified atom stereocenters. The van der Waals surface area contributed by atoms with E-state index in [0.717, 1.165) is 12.8 Å². The van der Waals surface area contributed by atoms with Gasteiger partial charge in [-0.2, -0.15) is 0 Å². The van der Waals surface area contributed by atoms with E-state index < -0.39 is 9.84 Å². The lowest BCUT2D eigenvalue weighted by atomic mass is 10.0. The second kappa shape index (κ2) is 10.8. The van der Waals surface area contributed by atoms with Crippen LogP contribution in [0, 0.1) is 13.8 Å². The van der Waals surface area contributed by atoms with E-state index in [-0.39, 0.29) is 44.2 Å². The number of benzene rings is 2. The van der Waals surface area contributed by atoms with E-state index in [4.69, 9.17) is 27.9 Å². The second-order valence-corrected chi connectivity index (χ2v) is 12.5. The molecule has 0 radical (unpaired) electrons. The van der Waals surface area contributed by atoms with Crippen molar-refractivity contribution in [1.82, 2.24) is 10.3 Å². The summed E-state index contributed by atoms with van der Waals surface area (Å²) in [6.07, 6.45) is 3.57. The number of hydrogen-bond donors (Lipinski definition) is 3. The van der Waals surface area contributed by atoms with E-state index in [1.165, 1.54) is 12.1 Å². The van der Waals surface area contributed by atoms with Gasteiger partial charge < -0.3 is 20.4 Å². The number of aromatic nitrogens is 1. The number of sulfone groups is 1. The molecule has 204 valence electrons. The highest BCUT2D eigenvalue weighted by atomic mass is 35.5. The van der Waals surface area contributed by atoms with Crippen molar-refractivity contribution in [3.63, 3.8) is 0 Å². The Labute approximate surface area is 236 Å². The summed E-state index contributed by atoms with van der Waals surface area (Å²) < 4.78 is 32.2. The van der Waals surface area contributed by atoms with Crippen LogP contribution in [0.25, 0.3) is 11.6 Å². The minimum absolute atomic E-state index is 0.0215. The number of H-pyrrole nitrogens is 1. The maximum Gasteiger partial charge on any atom is 0.256 e. The van der Waals surface area contributed by atoms with Gasteiger partial charge in [0.05, 0.1) is 27.9 Å². The van der Waals surface area contributed by atoms with Gasteiger partial charge in [-0.25, -0.2) is 8.42 Å². The Balaban J connectivity index is 1.44. The number of ether oxygens (including phenoxy) is 1. The average Bonchev–Trinajstić information content (AvgIpc) is 3.58. The fourth-order valence-electron chi connectivity index (χ4n) is 4.95. The first-order valence-corrected chi connectivity index (χ1v) is 14.9. The van der Waals surface area contributed by atoms with Gasteiger partial charge in [-0.1, -0.05) is 29.3 Å². The smallest absolute Gasteiger partial charge is 0.256 e. The monoisotopic (exact) mass is 587 g/mol. The molecule has 2 amide bonds. The standard InChI is InChI=1S/C28H27Cl2N3O5S/c1-15-25(32-16(2)26(15)28(35)31-13-17-5-4-10-38-17)12-20-19-11-18(8-9-24(19)33-27(20)34)39(36,37)14-21-22(29)6-3-7-23(21)30/h3,6-9,11-12,17,32H,4-5,10,13-14H2,1-2H3,(H,31,35)(H,33,34). The zero-order valence-corrected chi connectivity index (χ0v) is 23.7. The Kier molecular flexibility index (Phi) is 7.61. The molecule has 11 heteroatoms. The average molecular weight is 589 g/mol. The van der Waals surface area contributed by atoms with Crippen LogP contribution in [0.1, 0.15) is 51.3 Å². The maximum absolute atomic E-state index is 13.3. The molecular formula is C28H27Cl2N3O5S. The molecule has 1 saturated heterocycles. The minimum atomic E-state index is -3.84. The van der Waals surface area contributed by atoms with Crippen molar-refractivity contribution in [2.75, 3.05) is 18.5 Å². The van der Waals surface area contributed by atoms with Crippen LogP contribution in [0.15, 0.2) is 41.3 Å². The Morgan fingerprint density at radius 1 is 1.18 bits per heavy atom. The normalized spacial score (nSPS) is 17.9. The van der Waals surface area contributed by atoms with Crippen molar-refractivity contribution in [2.45, 2.75) is 43.4 Å². The Bertz CT molecular complexity index is 1600. The molecule has 5 rings (SSSR count). The van der Waals surface area contributed by atoms with Crippen LogP contribution < -0.4 is 10.6 Å². The third-order valence-corrected chi connectivity index (χ3v) is 9.38. The molecule has 3 heterocycles. The number of aryl methyl sites for hydroxylation is 1. The molecule has 2 aliphatic heterocycles. The lowest BCUT2D eigenvalue weighted by molar-refractivity contribution is -0.110. The van der Waals surface area contributed by atoms with Gasteiger partial charge in [-0.15, -0.1) is 0 Å². The largest absolute Gasteiger partial charge is 0.376 e. The highest BCUT2D eigenvalue weighted by molar-refractivity contribution is 7.90. The lowest BCUT2D eigenvalue weighted by Crippen LogP contribution is -2.32. The number of nitrogens with one attached hydrogen (secondary N) is 3. The van der Waals surface area contributed by atoms with Crippen LogP contribution in [-0.4, -0.2) is 44.5 Å². The fourth-order valence-corrected chi connectivity index (χ4v) is 7.07. The van der Waals surface area contributed by atoms with Gasteiger partial charge in [0.1, 0.15) is 0 Å². The first-order chi connectivity index (χ1) is 18.5. The maximum atomic E-state index is 13.3. The molecule has 8 nitrogen and oxygen atoms in total. The third kappa shape index (κ3) is 5.49. The summed E-state index contributed by atoms with van der Waals surface area (Å²) in [5.74, 6) is -0.974. The molecule has 0 bridgehead atoms. The number of carbonyl (C=O) groups excluding carboxylic acids is 2. The van der Waals surface area contributed by atoms with E-state index >= 15 is 0 Å². The molecule has 3 aromatic rings. The lowest BCUT2D eigenvalue weighted by Gasteiger charge is -2.11. The Morgan fingerprint density at radius 2 is 1.92 bits per heavy atom. The van der Waals surface area contributed by atoms with Gasteiger partial charge >= 0.3 is 0 Å². The van der Waals surface area contributed by atoms with Crippen LogP contribution in [-0.2, 0) is 25.1 Å². The summed E-state index contributed by atoms with van der Waals surface area (Å²) in [5.41, 5.74) is 3.98. The van der Waals surface area contributed by atoms with Crippen molar-refractivity contribution in [1.29, 1.82) is 0 Å². The van der Waals surface area contributed by atoms with Crippen molar-refractivity contribution in [3.8, 4) is 0 Å². The van der Waals surface area contributed by atoms with E-state index in [9.17, 15) is 18.0 Å². The quantitative estimate of drug-likeness (QED) is 0.324. The molecule has 0 spiro atoms. The number of carbonyl (C=O) groups is 2. The minimum Gasteiger partial charge on any atom is -0.376 e. The van der Waals surface area contributed by atoms with Gasteiger partial charge in [0.15, 0.2) is 9.84 Å². The summed E-state index contributed by atoms with van der Waals surface area (Å²) in [6.45, 7) is 4.74. The molecular weight excluding hydrogens is 561 g/mol. The highest BCUT2D eigenvalue weighted by Gasteiger charge is 2.29. The number of anilines is 1. The van der Waals surface area contributed by atoms with Crippen LogP contribution in [0.5, 0.6) is 0 Å².